The molecule has 2 rings (SSSR count). The van der Waals surface area contributed by atoms with Crippen LogP contribution in [-0.2, 0) is 11.3 Å². The molecular weight excluding hydrogens is 188 g/mol. The minimum atomic E-state index is 0.533. The van der Waals surface area contributed by atoms with Crippen molar-refractivity contribution in [2.45, 2.75) is 26.4 Å². The zero-order chi connectivity index (χ0) is 10.8. The number of hydrogen-bond donors (Lipinski definition) is 1. The highest BCUT2D eigenvalue weighted by Crippen LogP contribution is 2.19. The van der Waals surface area contributed by atoms with Crippen LogP contribution >= 0.6 is 0 Å². The van der Waals surface area contributed by atoms with Gasteiger partial charge in [-0.2, -0.15) is 0 Å². The van der Waals surface area contributed by atoms with Crippen molar-refractivity contribution in [2.24, 2.45) is 0 Å². The fraction of sp³-hybridized carbons (Fsp3) is 0.417. The van der Waals surface area contributed by atoms with Crippen LogP contribution in [0.2, 0.25) is 0 Å². The van der Waals surface area contributed by atoms with Crippen LogP contribution < -0.4 is 0 Å². The van der Waals surface area contributed by atoms with E-state index in [2.05, 4.69) is 42.0 Å². The third-order valence-corrected chi connectivity index (χ3v) is 2.50. The molecule has 1 aromatic heterocycles. The number of imidazole rings is 1. The van der Waals surface area contributed by atoms with Gasteiger partial charge < -0.3 is 9.72 Å². The number of nitrogens with zero attached hydrogens (tertiary/aromatic N) is 1. The fourth-order valence-corrected chi connectivity index (χ4v) is 1.64. The van der Waals surface area contributed by atoms with Gasteiger partial charge in [-0.1, -0.05) is 19.9 Å². The average molecular weight is 204 g/mol. The Hall–Kier alpha value is -1.35. The van der Waals surface area contributed by atoms with Crippen molar-refractivity contribution in [3.05, 3.63) is 29.6 Å². The van der Waals surface area contributed by atoms with Crippen LogP contribution in [0.15, 0.2) is 18.2 Å². The number of methoxy groups -OCH3 is 1. The predicted molar refractivity (Wildman–Crippen MR) is 60.9 cm³/mol. The topological polar surface area (TPSA) is 37.9 Å². The summed E-state index contributed by atoms with van der Waals surface area (Å²) in [7, 11) is 1.67. The number of nitrogens with one attached hydrogen (secondary N) is 1. The van der Waals surface area contributed by atoms with E-state index in [4.69, 9.17) is 4.74 Å². The van der Waals surface area contributed by atoms with Crippen LogP contribution in [0.5, 0.6) is 0 Å². The van der Waals surface area contributed by atoms with E-state index in [1.54, 1.807) is 7.11 Å². The molecule has 0 fully saturated rings. The Morgan fingerprint density at radius 2 is 2.20 bits per heavy atom. The van der Waals surface area contributed by atoms with Crippen molar-refractivity contribution in [1.82, 2.24) is 9.97 Å². The summed E-state index contributed by atoms with van der Waals surface area (Å²) in [5, 5.41) is 0. The van der Waals surface area contributed by atoms with Crippen molar-refractivity contribution >= 4 is 11.0 Å². The molecule has 0 saturated carbocycles. The Balaban J connectivity index is 2.43. The van der Waals surface area contributed by atoms with E-state index in [0.717, 1.165) is 16.9 Å². The van der Waals surface area contributed by atoms with Gasteiger partial charge in [-0.25, -0.2) is 4.98 Å². The maximum Gasteiger partial charge on any atom is 0.133 e. The number of H-pyrrole nitrogens is 1. The molecular formula is C12H16N2O. The van der Waals surface area contributed by atoms with E-state index in [1.165, 1.54) is 5.56 Å². The first-order valence-electron chi connectivity index (χ1n) is 5.18. The SMILES string of the molecule is COCc1nc2ccc(C(C)C)cc2[nH]1. The van der Waals surface area contributed by atoms with E-state index in [1.807, 2.05) is 0 Å². The molecule has 1 aromatic carbocycles. The maximum atomic E-state index is 5.04. The smallest absolute Gasteiger partial charge is 0.133 e. The van der Waals surface area contributed by atoms with Crippen LogP contribution in [0.3, 0.4) is 0 Å². The number of benzene rings is 1. The quantitative estimate of drug-likeness (QED) is 0.834. The van der Waals surface area contributed by atoms with E-state index in [9.17, 15) is 0 Å². The minimum Gasteiger partial charge on any atom is -0.377 e. The molecule has 0 saturated heterocycles. The van der Waals surface area contributed by atoms with Crippen LogP contribution in [0.1, 0.15) is 31.2 Å². The number of hydrogen-bond acceptors (Lipinski definition) is 2. The van der Waals surface area contributed by atoms with Gasteiger partial charge in [0.25, 0.3) is 0 Å². The first-order chi connectivity index (χ1) is 7.20. The van der Waals surface area contributed by atoms with E-state index in [-0.39, 0.29) is 0 Å². The number of fused-ring (bicyclic) bond motifs is 1. The monoisotopic (exact) mass is 204 g/mol. The molecule has 3 nitrogen and oxygen atoms in total. The lowest BCUT2D eigenvalue weighted by atomic mass is 10.0. The third kappa shape index (κ3) is 2.02. The number of ether oxygens (including phenoxy) is 1. The number of aromatic amines is 1. The van der Waals surface area contributed by atoms with E-state index < -0.39 is 0 Å². The summed E-state index contributed by atoms with van der Waals surface area (Å²) in [5.74, 6) is 1.43. The van der Waals surface area contributed by atoms with Crippen molar-refractivity contribution in [2.75, 3.05) is 7.11 Å². The molecule has 3 heteroatoms. The predicted octanol–water partition coefficient (Wildman–Crippen LogP) is 2.83. The zero-order valence-corrected chi connectivity index (χ0v) is 9.37. The standard InChI is InChI=1S/C12H16N2O/c1-8(2)9-4-5-10-11(6-9)14-12(13-10)7-15-3/h4-6,8H,7H2,1-3H3,(H,13,14). The van der Waals surface area contributed by atoms with Gasteiger partial charge in [-0.05, 0) is 23.6 Å². The molecule has 0 aliphatic carbocycles. The average Bonchev–Trinajstić information content (AvgIpc) is 2.59. The molecule has 15 heavy (non-hydrogen) atoms. The van der Waals surface area contributed by atoms with Gasteiger partial charge in [0.1, 0.15) is 12.4 Å². The van der Waals surface area contributed by atoms with Gasteiger partial charge >= 0.3 is 0 Å². The normalized spacial score (nSPS) is 11.5. The summed E-state index contributed by atoms with van der Waals surface area (Å²) in [6.45, 7) is 4.91. The summed E-state index contributed by atoms with van der Waals surface area (Å²) in [4.78, 5) is 7.68. The highest BCUT2D eigenvalue weighted by Gasteiger charge is 2.05. The molecule has 0 radical (unpaired) electrons. The first kappa shape index (κ1) is 10.2. The highest BCUT2D eigenvalue weighted by atomic mass is 16.5. The van der Waals surface area contributed by atoms with E-state index >= 15 is 0 Å². The molecule has 0 aliphatic heterocycles. The summed E-state index contributed by atoms with van der Waals surface area (Å²) in [5.41, 5.74) is 3.43. The van der Waals surface area contributed by atoms with Gasteiger partial charge in [0.2, 0.25) is 0 Å². The molecule has 0 amide bonds. The van der Waals surface area contributed by atoms with Crippen LogP contribution in [0.25, 0.3) is 11.0 Å². The van der Waals surface area contributed by atoms with Crippen molar-refractivity contribution in [1.29, 1.82) is 0 Å². The Morgan fingerprint density at radius 1 is 1.40 bits per heavy atom. The lowest BCUT2D eigenvalue weighted by Gasteiger charge is -2.03. The summed E-state index contributed by atoms with van der Waals surface area (Å²) in [6.07, 6.45) is 0. The summed E-state index contributed by atoms with van der Waals surface area (Å²) in [6, 6.07) is 6.34. The van der Waals surface area contributed by atoms with Crippen molar-refractivity contribution in [3.8, 4) is 0 Å². The molecule has 0 atom stereocenters. The molecule has 0 bridgehead atoms. The summed E-state index contributed by atoms with van der Waals surface area (Å²) >= 11 is 0. The minimum absolute atomic E-state index is 0.533. The van der Waals surface area contributed by atoms with E-state index in [0.29, 0.717) is 12.5 Å². The third-order valence-electron chi connectivity index (χ3n) is 2.50. The number of rotatable bonds is 3. The van der Waals surface area contributed by atoms with Crippen LogP contribution in [-0.4, -0.2) is 17.1 Å². The van der Waals surface area contributed by atoms with Crippen LogP contribution in [0, 0.1) is 0 Å². The Bertz CT molecular complexity index is 460. The molecule has 1 heterocycles. The molecule has 0 spiro atoms. The Morgan fingerprint density at radius 3 is 2.87 bits per heavy atom. The largest absolute Gasteiger partial charge is 0.377 e. The number of aromatic nitrogens is 2. The second-order valence-electron chi connectivity index (χ2n) is 4.05. The second kappa shape index (κ2) is 4.03. The van der Waals surface area contributed by atoms with Gasteiger partial charge in [0, 0.05) is 7.11 Å². The second-order valence-corrected chi connectivity index (χ2v) is 4.05. The molecule has 1 N–H and O–H groups in total. The van der Waals surface area contributed by atoms with Crippen molar-refractivity contribution in [3.63, 3.8) is 0 Å². The Labute approximate surface area is 89.5 Å². The lowest BCUT2D eigenvalue weighted by Crippen LogP contribution is -1.88. The van der Waals surface area contributed by atoms with Gasteiger partial charge in [0.05, 0.1) is 11.0 Å². The van der Waals surface area contributed by atoms with Gasteiger partial charge in [-0.15, -0.1) is 0 Å². The van der Waals surface area contributed by atoms with Crippen LogP contribution in [0.4, 0.5) is 0 Å². The highest BCUT2D eigenvalue weighted by molar-refractivity contribution is 5.76. The summed E-state index contributed by atoms with van der Waals surface area (Å²) < 4.78 is 5.04. The van der Waals surface area contributed by atoms with Gasteiger partial charge in [-0.3, -0.25) is 0 Å². The van der Waals surface area contributed by atoms with Gasteiger partial charge in [0.15, 0.2) is 0 Å². The lowest BCUT2D eigenvalue weighted by molar-refractivity contribution is 0.179. The van der Waals surface area contributed by atoms with Crippen molar-refractivity contribution < 1.29 is 4.74 Å². The maximum absolute atomic E-state index is 5.04. The first-order valence-corrected chi connectivity index (χ1v) is 5.18. The molecule has 80 valence electrons. The Kier molecular flexibility index (Phi) is 2.73. The zero-order valence-electron chi connectivity index (χ0n) is 9.37. The molecule has 0 unspecified atom stereocenters. The molecule has 2 aromatic rings. The fourth-order valence-electron chi connectivity index (χ4n) is 1.64. The molecule has 0 aliphatic rings.